The van der Waals surface area contributed by atoms with Gasteiger partial charge < -0.3 is 15.0 Å². The molecule has 3 rings (SSSR count). The van der Waals surface area contributed by atoms with E-state index in [1.807, 2.05) is 23.9 Å². The molecule has 0 amide bonds. The molecular formula is C20H30N4O. The largest absolute Gasteiger partial charge is 0.495 e. The number of rotatable bonds is 5. The number of aromatic nitrogens is 2. The second kappa shape index (κ2) is 7.48. The van der Waals surface area contributed by atoms with Gasteiger partial charge in [0.2, 0.25) is 0 Å². The molecule has 1 aliphatic rings. The Labute approximate surface area is 151 Å². The standard InChI is InChI=1S/C20H30N4O/c1-14(20-15(2)22-23(4)16(20)3)21-17-10-12-24(13-11-17)18-8-6-7-9-19(18)25-5/h6-9,14,17,21H,10-13H2,1-5H3. The highest BCUT2D eigenvalue weighted by Gasteiger charge is 2.24. The summed E-state index contributed by atoms with van der Waals surface area (Å²) in [6.45, 7) is 8.61. The van der Waals surface area contributed by atoms with Crippen molar-refractivity contribution >= 4 is 5.69 Å². The molecule has 1 saturated heterocycles. The van der Waals surface area contributed by atoms with Gasteiger partial charge in [0, 0.05) is 43.5 Å². The Bertz CT molecular complexity index is 716. The van der Waals surface area contributed by atoms with Crippen LogP contribution in [0.1, 0.15) is 42.8 Å². The number of aryl methyl sites for hydroxylation is 2. The van der Waals surface area contributed by atoms with Crippen LogP contribution in [0.4, 0.5) is 5.69 Å². The number of benzene rings is 1. The van der Waals surface area contributed by atoms with E-state index in [1.165, 1.54) is 16.9 Å². The number of hydrogen-bond acceptors (Lipinski definition) is 4. The molecule has 25 heavy (non-hydrogen) atoms. The number of ether oxygens (including phenoxy) is 1. The molecule has 1 atom stereocenters. The first-order valence-corrected chi connectivity index (χ1v) is 9.15. The third kappa shape index (κ3) is 3.66. The molecule has 2 aromatic rings. The monoisotopic (exact) mass is 342 g/mol. The Kier molecular flexibility index (Phi) is 5.33. The maximum Gasteiger partial charge on any atom is 0.142 e. The number of anilines is 1. The van der Waals surface area contributed by atoms with E-state index < -0.39 is 0 Å². The van der Waals surface area contributed by atoms with Gasteiger partial charge in [0.15, 0.2) is 0 Å². The zero-order valence-electron chi connectivity index (χ0n) is 16.0. The summed E-state index contributed by atoms with van der Waals surface area (Å²) in [5.74, 6) is 0.962. The highest BCUT2D eigenvalue weighted by Crippen LogP contribution is 2.30. The summed E-state index contributed by atoms with van der Waals surface area (Å²) < 4.78 is 7.49. The normalized spacial score (nSPS) is 16.9. The Morgan fingerprint density at radius 1 is 1.20 bits per heavy atom. The fraction of sp³-hybridized carbons (Fsp3) is 0.550. The fourth-order valence-corrected chi connectivity index (χ4v) is 4.03. The van der Waals surface area contributed by atoms with E-state index in [0.29, 0.717) is 12.1 Å². The van der Waals surface area contributed by atoms with Crippen molar-refractivity contribution in [2.75, 3.05) is 25.1 Å². The van der Waals surface area contributed by atoms with Crippen molar-refractivity contribution in [2.45, 2.75) is 45.7 Å². The van der Waals surface area contributed by atoms with Crippen molar-refractivity contribution in [3.8, 4) is 5.75 Å². The molecule has 0 radical (unpaired) electrons. The van der Waals surface area contributed by atoms with E-state index in [0.717, 1.165) is 37.4 Å². The molecule has 2 heterocycles. The van der Waals surface area contributed by atoms with Gasteiger partial charge in [-0.3, -0.25) is 4.68 Å². The third-order valence-electron chi connectivity index (χ3n) is 5.40. The number of nitrogens with one attached hydrogen (secondary N) is 1. The minimum absolute atomic E-state index is 0.330. The topological polar surface area (TPSA) is 42.3 Å². The Hall–Kier alpha value is -2.01. The van der Waals surface area contributed by atoms with E-state index in [-0.39, 0.29) is 0 Å². The van der Waals surface area contributed by atoms with Crippen LogP contribution >= 0.6 is 0 Å². The lowest BCUT2D eigenvalue weighted by Crippen LogP contribution is -2.43. The zero-order chi connectivity index (χ0) is 18.0. The SMILES string of the molecule is COc1ccccc1N1CCC(NC(C)c2c(C)nn(C)c2C)CC1. The van der Waals surface area contributed by atoms with E-state index in [4.69, 9.17) is 4.74 Å². The summed E-state index contributed by atoms with van der Waals surface area (Å²) in [6.07, 6.45) is 2.28. The summed E-state index contributed by atoms with van der Waals surface area (Å²) in [5.41, 5.74) is 4.93. The highest BCUT2D eigenvalue weighted by molar-refractivity contribution is 5.58. The molecular weight excluding hydrogens is 312 g/mol. The van der Waals surface area contributed by atoms with Crippen LogP contribution in [-0.2, 0) is 7.05 Å². The first-order chi connectivity index (χ1) is 12.0. The van der Waals surface area contributed by atoms with Crippen LogP contribution in [0.5, 0.6) is 5.75 Å². The minimum Gasteiger partial charge on any atom is -0.495 e. The number of piperidine rings is 1. The summed E-state index contributed by atoms with van der Waals surface area (Å²) in [5, 5.41) is 8.37. The maximum absolute atomic E-state index is 5.51. The second-order valence-electron chi connectivity index (χ2n) is 7.03. The average Bonchev–Trinajstić information content (AvgIpc) is 2.87. The lowest BCUT2D eigenvalue weighted by molar-refractivity contribution is 0.374. The maximum atomic E-state index is 5.51. The van der Waals surface area contributed by atoms with Gasteiger partial charge in [0.25, 0.3) is 0 Å². The molecule has 1 N–H and O–H groups in total. The molecule has 5 heteroatoms. The molecule has 1 aliphatic heterocycles. The van der Waals surface area contributed by atoms with Gasteiger partial charge in [0.1, 0.15) is 5.75 Å². The molecule has 1 aromatic heterocycles. The zero-order valence-corrected chi connectivity index (χ0v) is 16.0. The van der Waals surface area contributed by atoms with Crippen molar-refractivity contribution < 1.29 is 4.74 Å². The van der Waals surface area contributed by atoms with Crippen molar-refractivity contribution in [3.63, 3.8) is 0 Å². The lowest BCUT2D eigenvalue weighted by atomic mass is 10.00. The summed E-state index contributed by atoms with van der Waals surface area (Å²) in [4.78, 5) is 2.43. The van der Waals surface area contributed by atoms with Crippen LogP contribution in [0, 0.1) is 13.8 Å². The number of nitrogens with zero attached hydrogens (tertiary/aromatic N) is 3. The van der Waals surface area contributed by atoms with E-state index in [9.17, 15) is 0 Å². The Morgan fingerprint density at radius 3 is 2.48 bits per heavy atom. The number of methoxy groups -OCH3 is 1. The highest BCUT2D eigenvalue weighted by atomic mass is 16.5. The van der Waals surface area contributed by atoms with Gasteiger partial charge in [-0.1, -0.05) is 12.1 Å². The van der Waals surface area contributed by atoms with Gasteiger partial charge >= 0.3 is 0 Å². The van der Waals surface area contributed by atoms with Gasteiger partial charge in [-0.2, -0.15) is 5.10 Å². The van der Waals surface area contributed by atoms with Crippen LogP contribution in [0.3, 0.4) is 0 Å². The molecule has 1 fully saturated rings. The van der Waals surface area contributed by atoms with Crippen molar-refractivity contribution in [1.29, 1.82) is 0 Å². The predicted octanol–water partition coefficient (Wildman–Crippen LogP) is 3.37. The first kappa shape index (κ1) is 17.8. The van der Waals surface area contributed by atoms with Crippen molar-refractivity contribution in [3.05, 3.63) is 41.2 Å². The summed E-state index contributed by atoms with van der Waals surface area (Å²) >= 11 is 0. The van der Waals surface area contributed by atoms with Crippen LogP contribution in [0.25, 0.3) is 0 Å². The Morgan fingerprint density at radius 2 is 1.88 bits per heavy atom. The van der Waals surface area contributed by atoms with E-state index >= 15 is 0 Å². The molecule has 5 nitrogen and oxygen atoms in total. The van der Waals surface area contributed by atoms with Crippen molar-refractivity contribution in [1.82, 2.24) is 15.1 Å². The lowest BCUT2D eigenvalue weighted by Gasteiger charge is -2.36. The fourth-order valence-electron chi connectivity index (χ4n) is 4.03. The summed E-state index contributed by atoms with van der Waals surface area (Å²) in [6, 6.07) is 9.17. The Balaban J connectivity index is 1.61. The molecule has 1 aromatic carbocycles. The van der Waals surface area contributed by atoms with Gasteiger partial charge in [-0.05, 0) is 45.7 Å². The number of para-hydroxylation sites is 2. The van der Waals surface area contributed by atoms with E-state index in [1.54, 1.807) is 7.11 Å². The molecule has 0 saturated carbocycles. The average molecular weight is 342 g/mol. The van der Waals surface area contributed by atoms with E-state index in [2.05, 4.69) is 48.2 Å². The smallest absolute Gasteiger partial charge is 0.142 e. The molecule has 1 unspecified atom stereocenters. The number of hydrogen-bond donors (Lipinski definition) is 1. The summed E-state index contributed by atoms with van der Waals surface area (Å²) in [7, 11) is 3.76. The third-order valence-corrected chi connectivity index (χ3v) is 5.40. The van der Waals surface area contributed by atoms with Gasteiger partial charge in [0.05, 0.1) is 18.5 Å². The van der Waals surface area contributed by atoms with Crippen LogP contribution in [0.15, 0.2) is 24.3 Å². The first-order valence-electron chi connectivity index (χ1n) is 9.15. The van der Waals surface area contributed by atoms with Crippen LogP contribution in [0.2, 0.25) is 0 Å². The minimum atomic E-state index is 0.330. The van der Waals surface area contributed by atoms with Gasteiger partial charge in [-0.25, -0.2) is 0 Å². The molecule has 0 bridgehead atoms. The second-order valence-corrected chi connectivity index (χ2v) is 7.03. The molecule has 0 spiro atoms. The predicted molar refractivity (Wildman–Crippen MR) is 102 cm³/mol. The van der Waals surface area contributed by atoms with Gasteiger partial charge in [-0.15, -0.1) is 0 Å². The van der Waals surface area contributed by atoms with Crippen LogP contribution < -0.4 is 15.0 Å². The van der Waals surface area contributed by atoms with Crippen molar-refractivity contribution in [2.24, 2.45) is 7.05 Å². The van der Waals surface area contributed by atoms with Crippen LogP contribution in [-0.4, -0.2) is 36.0 Å². The quantitative estimate of drug-likeness (QED) is 0.905. The molecule has 0 aliphatic carbocycles. The molecule has 136 valence electrons.